The summed E-state index contributed by atoms with van der Waals surface area (Å²) in [6.45, 7) is 10.8. The van der Waals surface area contributed by atoms with E-state index in [0.29, 0.717) is 17.7 Å². The molecule has 0 spiro atoms. The smallest absolute Gasteiger partial charge is 0.407 e. The fourth-order valence-corrected chi connectivity index (χ4v) is 1.91. The molecule has 1 unspecified atom stereocenters. The van der Waals surface area contributed by atoms with Gasteiger partial charge in [0.15, 0.2) is 0 Å². The fourth-order valence-electron chi connectivity index (χ4n) is 1.91. The van der Waals surface area contributed by atoms with E-state index in [0.717, 1.165) is 0 Å². The third-order valence-corrected chi connectivity index (χ3v) is 2.91. The lowest BCUT2D eigenvalue weighted by Crippen LogP contribution is -2.47. The SMILES string of the molecule is C/C=N\C1=C(C)C(=O)OC(C)(CNC(=O)OC(C)(C)C)C1. The van der Waals surface area contributed by atoms with Crippen molar-refractivity contribution in [3.05, 3.63) is 11.3 Å². The number of aliphatic imine (C=N–C) groups is 1. The van der Waals surface area contributed by atoms with Gasteiger partial charge in [0.1, 0.15) is 11.2 Å². The maximum atomic E-state index is 11.9. The first-order valence-corrected chi connectivity index (χ1v) is 6.95. The van der Waals surface area contributed by atoms with Gasteiger partial charge in [0.25, 0.3) is 0 Å². The van der Waals surface area contributed by atoms with Gasteiger partial charge in [-0.25, -0.2) is 9.59 Å². The highest BCUT2D eigenvalue weighted by atomic mass is 16.6. The van der Waals surface area contributed by atoms with Gasteiger partial charge in [0.05, 0.1) is 17.8 Å². The zero-order valence-corrected chi connectivity index (χ0v) is 13.6. The first-order valence-electron chi connectivity index (χ1n) is 6.95. The Balaban J connectivity index is 2.71. The molecule has 6 nitrogen and oxygen atoms in total. The Kier molecular flexibility index (Phi) is 5.15. The summed E-state index contributed by atoms with van der Waals surface area (Å²) in [7, 11) is 0. The van der Waals surface area contributed by atoms with Crippen molar-refractivity contribution in [3.8, 4) is 0 Å². The Morgan fingerprint density at radius 3 is 2.67 bits per heavy atom. The van der Waals surface area contributed by atoms with E-state index < -0.39 is 23.3 Å². The third-order valence-electron chi connectivity index (χ3n) is 2.91. The zero-order valence-electron chi connectivity index (χ0n) is 13.6. The van der Waals surface area contributed by atoms with Gasteiger partial charge >= 0.3 is 12.1 Å². The zero-order chi connectivity index (χ0) is 16.3. The molecule has 1 rings (SSSR count). The number of hydrogen-bond acceptors (Lipinski definition) is 5. The Morgan fingerprint density at radius 1 is 1.52 bits per heavy atom. The van der Waals surface area contributed by atoms with Crippen LogP contribution >= 0.6 is 0 Å². The Labute approximate surface area is 125 Å². The van der Waals surface area contributed by atoms with Crippen molar-refractivity contribution in [2.24, 2.45) is 4.99 Å². The molecule has 1 atom stereocenters. The largest absolute Gasteiger partial charge is 0.454 e. The number of esters is 1. The molecule has 0 saturated carbocycles. The number of carbonyl (C=O) groups excluding carboxylic acids is 2. The van der Waals surface area contributed by atoms with E-state index in [1.807, 2.05) is 0 Å². The number of ether oxygens (including phenoxy) is 2. The molecule has 1 amide bonds. The second kappa shape index (κ2) is 6.28. The molecular formula is C15H24N2O4. The molecule has 0 aliphatic carbocycles. The number of nitrogens with zero attached hydrogens (tertiary/aromatic N) is 1. The van der Waals surface area contributed by atoms with Crippen molar-refractivity contribution in [2.45, 2.75) is 59.2 Å². The van der Waals surface area contributed by atoms with Crippen LogP contribution < -0.4 is 5.32 Å². The topological polar surface area (TPSA) is 77.0 Å². The molecule has 1 N–H and O–H groups in total. The van der Waals surface area contributed by atoms with Crippen molar-refractivity contribution in [1.82, 2.24) is 5.32 Å². The Hall–Kier alpha value is -1.85. The van der Waals surface area contributed by atoms with E-state index in [1.54, 1.807) is 47.8 Å². The number of alkyl carbamates (subject to hydrolysis) is 1. The van der Waals surface area contributed by atoms with Gasteiger partial charge in [0, 0.05) is 12.6 Å². The minimum absolute atomic E-state index is 0.170. The van der Waals surface area contributed by atoms with Crippen molar-refractivity contribution >= 4 is 18.3 Å². The summed E-state index contributed by atoms with van der Waals surface area (Å²) >= 11 is 0. The molecule has 0 fully saturated rings. The molecule has 6 heteroatoms. The normalized spacial score (nSPS) is 23.2. The molecule has 1 aliphatic rings. The minimum atomic E-state index is -0.824. The van der Waals surface area contributed by atoms with Crippen LogP contribution in [0.1, 0.15) is 48.0 Å². The highest BCUT2D eigenvalue weighted by Crippen LogP contribution is 2.30. The molecule has 1 aliphatic heterocycles. The number of carbonyl (C=O) groups is 2. The van der Waals surface area contributed by atoms with Crippen molar-refractivity contribution in [2.75, 3.05) is 6.54 Å². The van der Waals surface area contributed by atoms with Crippen LogP contribution in [-0.2, 0) is 14.3 Å². The monoisotopic (exact) mass is 296 g/mol. The minimum Gasteiger partial charge on any atom is -0.454 e. The molecule has 0 bridgehead atoms. The van der Waals surface area contributed by atoms with Crippen LogP contribution in [0.25, 0.3) is 0 Å². The second-order valence-corrected chi connectivity index (χ2v) is 6.33. The Morgan fingerprint density at radius 2 is 2.14 bits per heavy atom. The van der Waals surface area contributed by atoms with E-state index in [9.17, 15) is 9.59 Å². The highest BCUT2D eigenvalue weighted by molar-refractivity contribution is 5.90. The van der Waals surface area contributed by atoms with Crippen LogP contribution in [0.5, 0.6) is 0 Å². The van der Waals surface area contributed by atoms with E-state index in [2.05, 4.69) is 10.3 Å². The molecule has 0 saturated heterocycles. The lowest BCUT2D eigenvalue weighted by atomic mass is 9.94. The molecule has 118 valence electrons. The number of rotatable bonds is 3. The molecule has 0 radical (unpaired) electrons. The van der Waals surface area contributed by atoms with Crippen molar-refractivity contribution in [3.63, 3.8) is 0 Å². The van der Waals surface area contributed by atoms with Crippen LogP contribution in [0.4, 0.5) is 4.79 Å². The summed E-state index contributed by atoms with van der Waals surface area (Å²) < 4.78 is 10.6. The average Bonchev–Trinajstić information content (AvgIpc) is 2.32. The number of hydrogen-bond donors (Lipinski definition) is 1. The molecule has 1 heterocycles. The number of cyclic esters (lactones) is 1. The molecule has 0 aromatic rings. The molecule has 0 aromatic heterocycles. The average molecular weight is 296 g/mol. The van der Waals surface area contributed by atoms with Crippen LogP contribution in [0.3, 0.4) is 0 Å². The fraction of sp³-hybridized carbons (Fsp3) is 0.667. The van der Waals surface area contributed by atoms with E-state index in [-0.39, 0.29) is 6.54 Å². The highest BCUT2D eigenvalue weighted by Gasteiger charge is 2.37. The molecule has 0 aromatic carbocycles. The summed E-state index contributed by atoms with van der Waals surface area (Å²) in [5, 5.41) is 2.63. The predicted molar refractivity (Wildman–Crippen MR) is 80.2 cm³/mol. The molecular weight excluding hydrogens is 272 g/mol. The van der Waals surface area contributed by atoms with E-state index >= 15 is 0 Å². The number of nitrogens with one attached hydrogen (secondary N) is 1. The van der Waals surface area contributed by atoms with Gasteiger partial charge in [-0.1, -0.05) is 0 Å². The first-order chi connectivity index (χ1) is 9.56. The maximum Gasteiger partial charge on any atom is 0.407 e. The van der Waals surface area contributed by atoms with E-state index in [1.165, 1.54) is 0 Å². The second-order valence-electron chi connectivity index (χ2n) is 6.33. The summed E-state index contributed by atoms with van der Waals surface area (Å²) in [6.07, 6.45) is 1.55. The van der Waals surface area contributed by atoms with Crippen molar-refractivity contribution in [1.29, 1.82) is 0 Å². The molecule has 21 heavy (non-hydrogen) atoms. The van der Waals surface area contributed by atoms with Crippen molar-refractivity contribution < 1.29 is 19.1 Å². The van der Waals surface area contributed by atoms with Gasteiger partial charge in [-0.15, -0.1) is 0 Å². The standard InChI is InChI=1S/C15H24N2O4/c1-7-16-11-8-15(6,20-12(18)10(11)2)9-17-13(19)21-14(3,4)5/h7H,8-9H2,1-6H3,(H,17,19)/b16-7-. The van der Waals surface area contributed by atoms with Crippen LogP contribution in [0.15, 0.2) is 16.3 Å². The summed E-state index contributed by atoms with van der Waals surface area (Å²) in [6, 6.07) is 0. The van der Waals surface area contributed by atoms with Gasteiger partial charge < -0.3 is 14.8 Å². The van der Waals surface area contributed by atoms with Gasteiger partial charge in [-0.3, -0.25) is 4.99 Å². The van der Waals surface area contributed by atoms with Crippen LogP contribution in [0.2, 0.25) is 0 Å². The van der Waals surface area contributed by atoms with Crippen LogP contribution in [0, 0.1) is 0 Å². The van der Waals surface area contributed by atoms with Crippen LogP contribution in [-0.4, -0.2) is 36.0 Å². The van der Waals surface area contributed by atoms with Gasteiger partial charge in [-0.2, -0.15) is 0 Å². The lowest BCUT2D eigenvalue weighted by molar-refractivity contribution is -0.154. The summed E-state index contributed by atoms with van der Waals surface area (Å²) in [5.74, 6) is -0.407. The van der Waals surface area contributed by atoms with Gasteiger partial charge in [-0.05, 0) is 41.5 Å². The van der Waals surface area contributed by atoms with Gasteiger partial charge in [0.2, 0.25) is 0 Å². The first kappa shape index (κ1) is 17.2. The maximum absolute atomic E-state index is 11.9. The quantitative estimate of drug-likeness (QED) is 0.641. The number of amides is 1. The predicted octanol–water partition coefficient (Wildman–Crippen LogP) is 2.58. The summed E-state index contributed by atoms with van der Waals surface area (Å²) in [5.41, 5.74) is -0.206. The summed E-state index contributed by atoms with van der Waals surface area (Å²) in [4.78, 5) is 27.8. The third kappa shape index (κ3) is 5.21. The Bertz CT molecular complexity index is 488. The lowest BCUT2D eigenvalue weighted by Gasteiger charge is -2.34. The van der Waals surface area contributed by atoms with E-state index in [4.69, 9.17) is 9.47 Å².